The SMILES string of the molecule is CSCC(C)N(C)C(=O)c1ccnc(N)c1. The second kappa shape index (κ2) is 5.75. The van der Waals surface area contributed by atoms with Crippen molar-refractivity contribution in [3.8, 4) is 0 Å². The van der Waals surface area contributed by atoms with E-state index in [1.165, 1.54) is 0 Å². The third-order valence-electron chi connectivity index (χ3n) is 2.42. The lowest BCUT2D eigenvalue weighted by molar-refractivity contribution is 0.0757. The van der Waals surface area contributed by atoms with Crippen LogP contribution in [-0.2, 0) is 0 Å². The van der Waals surface area contributed by atoms with Crippen LogP contribution >= 0.6 is 11.8 Å². The minimum atomic E-state index is -0.0179. The lowest BCUT2D eigenvalue weighted by Gasteiger charge is -2.24. The Morgan fingerprint density at radius 2 is 2.38 bits per heavy atom. The van der Waals surface area contributed by atoms with Crippen molar-refractivity contribution in [2.24, 2.45) is 0 Å². The Morgan fingerprint density at radius 3 is 2.94 bits per heavy atom. The van der Waals surface area contributed by atoms with Gasteiger partial charge in [0.05, 0.1) is 0 Å². The van der Waals surface area contributed by atoms with Crippen molar-refractivity contribution in [3.63, 3.8) is 0 Å². The normalized spacial score (nSPS) is 12.2. The van der Waals surface area contributed by atoms with E-state index in [4.69, 9.17) is 5.73 Å². The van der Waals surface area contributed by atoms with Gasteiger partial charge in [0, 0.05) is 30.6 Å². The molecule has 1 aromatic heterocycles. The van der Waals surface area contributed by atoms with Gasteiger partial charge in [0.15, 0.2) is 0 Å². The van der Waals surface area contributed by atoms with Crippen LogP contribution < -0.4 is 5.73 Å². The van der Waals surface area contributed by atoms with Crippen LogP contribution in [-0.4, -0.2) is 40.9 Å². The molecule has 0 bridgehead atoms. The van der Waals surface area contributed by atoms with E-state index < -0.39 is 0 Å². The van der Waals surface area contributed by atoms with E-state index in [-0.39, 0.29) is 11.9 Å². The molecule has 1 rings (SSSR count). The Morgan fingerprint density at radius 1 is 1.69 bits per heavy atom. The predicted molar refractivity (Wildman–Crippen MR) is 68.6 cm³/mol. The molecule has 1 atom stereocenters. The Hall–Kier alpha value is -1.23. The minimum Gasteiger partial charge on any atom is -0.384 e. The number of rotatable bonds is 4. The van der Waals surface area contributed by atoms with Crippen LogP contribution in [0.2, 0.25) is 0 Å². The molecule has 0 radical (unpaired) electrons. The minimum absolute atomic E-state index is 0.0179. The molecule has 1 unspecified atom stereocenters. The molecule has 5 heteroatoms. The average Bonchev–Trinajstić information content (AvgIpc) is 2.27. The van der Waals surface area contributed by atoms with Gasteiger partial charge in [-0.25, -0.2) is 4.98 Å². The summed E-state index contributed by atoms with van der Waals surface area (Å²) in [5.74, 6) is 1.27. The molecule has 0 aliphatic rings. The van der Waals surface area contributed by atoms with Crippen LogP contribution in [0.15, 0.2) is 18.3 Å². The average molecular weight is 239 g/mol. The van der Waals surface area contributed by atoms with Crippen molar-refractivity contribution < 1.29 is 4.79 Å². The molecule has 0 aliphatic heterocycles. The number of nitrogen functional groups attached to an aromatic ring is 1. The van der Waals surface area contributed by atoms with Crippen molar-refractivity contribution in [1.82, 2.24) is 9.88 Å². The van der Waals surface area contributed by atoms with Crippen molar-refractivity contribution >= 4 is 23.5 Å². The zero-order valence-corrected chi connectivity index (χ0v) is 10.6. The summed E-state index contributed by atoms with van der Waals surface area (Å²) < 4.78 is 0. The molecule has 1 amide bonds. The van der Waals surface area contributed by atoms with Gasteiger partial charge in [0.25, 0.3) is 5.91 Å². The van der Waals surface area contributed by atoms with Crippen LogP contribution in [0.5, 0.6) is 0 Å². The predicted octanol–water partition coefficient (Wildman–Crippen LogP) is 1.49. The van der Waals surface area contributed by atoms with E-state index in [9.17, 15) is 4.79 Å². The van der Waals surface area contributed by atoms with Gasteiger partial charge in [0.2, 0.25) is 0 Å². The van der Waals surface area contributed by atoms with E-state index in [0.717, 1.165) is 5.75 Å². The summed E-state index contributed by atoms with van der Waals surface area (Å²) in [6.07, 6.45) is 3.58. The number of hydrogen-bond acceptors (Lipinski definition) is 4. The maximum Gasteiger partial charge on any atom is 0.254 e. The highest BCUT2D eigenvalue weighted by Crippen LogP contribution is 2.10. The summed E-state index contributed by atoms with van der Waals surface area (Å²) in [6, 6.07) is 3.49. The second-order valence-corrected chi connectivity index (χ2v) is 4.60. The molecule has 0 fully saturated rings. The number of nitrogens with zero attached hydrogens (tertiary/aromatic N) is 2. The number of carbonyl (C=O) groups excluding carboxylic acids is 1. The summed E-state index contributed by atoms with van der Waals surface area (Å²) in [7, 11) is 1.81. The number of carbonyl (C=O) groups is 1. The van der Waals surface area contributed by atoms with Crippen LogP contribution in [0.4, 0.5) is 5.82 Å². The van der Waals surface area contributed by atoms with Crippen LogP contribution in [0.25, 0.3) is 0 Å². The number of aromatic nitrogens is 1. The first kappa shape index (κ1) is 12.8. The zero-order valence-electron chi connectivity index (χ0n) is 9.80. The standard InChI is InChI=1S/C11H17N3OS/c1-8(7-16-3)14(2)11(15)9-4-5-13-10(12)6-9/h4-6,8H,7H2,1-3H3,(H2,12,13). The first-order valence-corrected chi connectivity index (χ1v) is 6.43. The Kier molecular flexibility index (Phi) is 4.61. The van der Waals surface area contributed by atoms with Crippen molar-refractivity contribution in [2.45, 2.75) is 13.0 Å². The molecule has 4 nitrogen and oxygen atoms in total. The first-order chi connectivity index (χ1) is 7.56. The third-order valence-corrected chi connectivity index (χ3v) is 3.23. The highest BCUT2D eigenvalue weighted by atomic mass is 32.2. The third kappa shape index (κ3) is 3.13. The van der Waals surface area contributed by atoms with Gasteiger partial charge in [-0.05, 0) is 25.3 Å². The molecule has 0 aromatic carbocycles. The number of thioether (sulfide) groups is 1. The molecule has 88 valence electrons. The molecule has 16 heavy (non-hydrogen) atoms. The fraction of sp³-hybridized carbons (Fsp3) is 0.455. The first-order valence-electron chi connectivity index (χ1n) is 5.04. The van der Waals surface area contributed by atoms with E-state index in [2.05, 4.69) is 4.98 Å². The molecular weight excluding hydrogens is 222 g/mol. The maximum absolute atomic E-state index is 12.0. The summed E-state index contributed by atoms with van der Waals surface area (Å²) in [5.41, 5.74) is 6.13. The Bertz CT molecular complexity index is 370. The number of nitrogens with two attached hydrogens (primary N) is 1. The lowest BCUT2D eigenvalue weighted by atomic mass is 10.2. The number of hydrogen-bond donors (Lipinski definition) is 1. The number of anilines is 1. The Balaban J connectivity index is 2.77. The Labute approximate surface area is 100 Å². The fourth-order valence-electron chi connectivity index (χ4n) is 1.34. The summed E-state index contributed by atoms with van der Waals surface area (Å²) in [6.45, 7) is 2.03. The van der Waals surface area contributed by atoms with Crippen LogP contribution in [0.1, 0.15) is 17.3 Å². The van der Waals surface area contributed by atoms with Crippen LogP contribution in [0.3, 0.4) is 0 Å². The molecular formula is C11H17N3OS. The van der Waals surface area contributed by atoms with E-state index in [0.29, 0.717) is 11.4 Å². The van der Waals surface area contributed by atoms with Gasteiger partial charge in [-0.15, -0.1) is 0 Å². The van der Waals surface area contributed by atoms with E-state index >= 15 is 0 Å². The highest BCUT2D eigenvalue weighted by Gasteiger charge is 2.17. The topological polar surface area (TPSA) is 59.2 Å². The molecule has 0 saturated carbocycles. The summed E-state index contributed by atoms with van der Waals surface area (Å²) in [4.78, 5) is 17.6. The van der Waals surface area contributed by atoms with Crippen LogP contribution in [0, 0.1) is 0 Å². The van der Waals surface area contributed by atoms with E-state index in [1.807, 2.05) is 13.2 Å². The van der Waals surface area contributed by atoms with Gasteiger partial charge < -0.3 is 10.6 Å². The van der Waals surface area contributed by atoms with Gasteiger partial charge >= 0.3 is 0 Å². The fourth-order valence-corrected chi connectivity index (χ4v) is 2.04. The lowest BCUT2D eigenvalue weighted by Crippen LogP contribution is -2.36. The van der Waals surface area contributed by atoms with Crippen molar-refractivity contribution in [3.05, 3.63) is 23.9 Å². The van der Waals surface area contributed by atoms with Gasteiger partial charge in [-0.2, -0.15) is 11.8 Å². The highest BCUT2D eigenvalue weighted by molar-refractivity contribution is 7.98. The molecule has 2 N–H and O–H groups in total. The van der Waals surface area contributed by atoms with Gasteiger partial charge in [-0.1, -0.05) is 0 Å². The monoisotopic (exact) mass is 239 g/mol. The largest absolute Gasteiger partial charge is 0.384 e. The number of pyridine rings is 1. The summed E-state index contributed by atoms with van der Waals surface area (Å²) >= 11 is 1.72. The molecule has 0 spiro atoms. The maximum atomic E-state index is 12.0. The van der Waals surface area contributed by atoms with Gasteiger partial charge in [-0.3, -0.25) is 4.79 Å². The second-order valence-electron chi connectivity index (χ2n) is 3.69. The van der Waals surface area contributed by atoms with E-state index in [1.54, 1.807) is 42.0 Å². The zero-order chi connectivity index (χ0) is 12.1. The molecule has 0 saturated heterocycles. The summed E-state index contributed by atoms with van der Waals surface area (Å²) in [5, 5.41) is 0. The smallest absolute Gasteiger partial charge is 0.254 e. The molecule has 1 aromatic rings. The van der Waals surface area contributed by atoms with Crippen molar-refractivity contribution in [1.29, 1.82) is 0 Å². The van der Waals surface area contributed by atoms with Crippen molar-refractivity contribution in [2.75, 3.05) is 24.8 Å². The quantitative estimate of drug-likeness (QED) is 0.864. The van der Waals surface area contributed by atoms with Gasteiger partial charge in [0.1, 0.15) is 5.82 Å². The molecule has 0 aliphatic carbocycles. The molecule has 1 heterocycles. The number of amides is 1.